The molecule has 2 rings (SSSR count). The Kier molecular flexibility index (Phi) is 3.62. The van der Waals surface area contributed by atoms with Crippen LogP contribution in [-0.2, 0) is 4.74 Å². The molecule has 1 unspecified atom stereocenters. The highest BCUT2D eigenvalue weighted by molar-refractivity contribution is 5.50. The third kappa shape index (κ3) is 2.98. The van der Waals surface area contributed by atoms with E-state index in [4.69, 9.17) is 10.00 Å². The van der Waals surface area contributed by atoms with Crippen molar-refractivity contribution in [3.05, 3.63) is 27.9 Å². The number of hydrogen-bond donors (Lipinski definition) is 1. The van der Waals surface area contributed by atoms with Gasteiger partial charge in [-0.05, 0) is 25.8 Å². The molecule has 2 heterocycles. The molecular formula is C12H14N4O3. The fourth-order valence-electron chi connectivity index (χ4n) is 2.03. The van der Waals surface area contributed by atoms with E-state index < -0.39 is 4.92 Å². The smallest absolute Gasteiger partial charge is 0.305 e. The SMILES string of the molecule is CC1(CNc2ccc([N+](=O)[O-])c(C#N)n2)CCCO1. The molecule has 1 N–H and O–H groups in total. The summed E-state index contributed by atoms with van der Waals surface area (Å²) in [7, 11) is 0. The van der Waals surface area contributed by atoms with Crippen LogP contribution in [-0.4, -0.2) is 28.7 Å². The van der Waals surface area contributed by atoms with Crippen molar-refractivity contribution in [2.45, 2.75) is 25.4 Å². The summed E-state index contributed by atoms with van der Waals surface area (Å²) in [6, 6.07) is 4.51. The van der Waals surface area contributed by atoms with E-state index >= 15 is 0 Å². The van der Waals surface area contributed by atoms with E-state index in [1.54, 1.807) is 6.07 Å². The van der Waals surface area contributed by atoms with Crippen molar-refractivity contribution in [1.29, 1.82) is 5.26 Å². The van der Waals surface area contributed by atoms with Crippen LogP contribution in [0.5, 0.6) is 0 Å². The van der Waals surface area contributed by atoms with Crippen molar-refractivity contribution in [1.82, 2.24) is 4.98 Å². The lowest BCUT2D eigenvalue weighted by Crippen LogP contribution is -2.32. The molecule has 100 valence electrons. The van der Waals surface area contributed by atoms with Crippen molar-refractivity contribution in [3.63, 3.8) is 0 Å². The lowest BCUT2D eigenvalue weighted by atomic mass is 10.0. The van der Waals surface area contributed by atoms with Gasteiger partial charge < -0.3 is 10.1 Å². The van der Waals surface area contributed by atoms with Crippen LogP contribution in [0, 0.1) is 21.4 Å². The van der Waals surface area contributed by atoms with Gasteiger partial charge in [-0.3, -0.25) is 10.1 Å². The molecular weight excluding hydrogens is 248 g/mol. The number of pyridine rings is 1. The number of nitrogens with one attached hydrogen (secondary N) is 1. The summed E-state index contributed by atoms with van der Waals surface area (Å²) >= 11 is 0. The Morgan fingerprint density at radius 3 is 3.05 bits per heavy atom. The van der Waals surface area contributed by atoms with Gasteiger partial charge in [0.2, 0.25) is 5.69 Å². The highest BCUT2D eigenvalue weighted by Crippen LogP contribution is 2.25. The van der Waals surface area contributed by atoms with Crippen molar-refractivity contribution in [3.8, 4) is 6.07 Å². The molecule has 1 aromatic rings. The van der Waals surface area contributed by atoms with E-state index in [2.05, 4.69) is 10.3 Å². The first kappa shape index (κ1) is 13.2. The highest BCUT2D eigenvalue weighted by atomic mass is 16.6. The maximum Gasteiger partial charge on any atom is 0.305 e. The molecule has 0 saturated carbocycles. The maximum absolute atomic E-state index is 10.7. The van der Waals surface area contributed by atoms with Gasteiger partial charge in [-0.15, -0.1) is 0 Å². The third-order valence-corrected chi connectivity index (χ3v) is 3.12. The summed E-state index contributed by atoms with van der Waals surface area (Å²) in [5.74, 6) is 0.443. The fourth-order valence-corrected chi connectivity index (χ4v) is 2.03. The van der Waals surface area contributed by atoms with Crippen LogP contribution in [0.4, 0.5) is 11.5 Å². The van der Waals surface area contributed by atoms with Gasteiger partial charge in [-0.1, -0.05) is 0 Å². The Morgan fingerprint density at radius 2 is 2.47 bits per heavy atom. The zero-order chi connectivity index (χ0) is 13.9. The Morgan fingerprint density at radius 1 is 1.68 bits per heavy atom. The number of rotatable bonds is 4. The van der Waals surface area contributed by atoms with Crippen LogP contribution < -0.4 is 5.32 Å². The van der Waals surface area contributed by atoms with E-state index in [1.807, 2.05) is 6.92 Å². The Hall–Kier alpha value is -2.20. The van der Waals surface area contributed by atoms with Crippen LogP contribution in [0.1, 0.15) is 25.5 Å². The minimum atomic E-state index is -0.614. The molecule has 0 aromatic carbocycles. The van der Waals surface area contributed by atoms with Crippen molar-refractivity contribution in [2.75, 3.05) is 18.5 Å². The second-order valence-corrected chi connectivity index (χ2v) is 4.69. The van der Waals surface area contributed by atoms with Crippen LogP contribution in [0.3, 0.4) is 0 Å². The van der Waals surface area contributed by atoms with Crippen LogP contribution in [0.2, 0.25) is 0 Å². The number of nitrogens with zero attached hydrogens (tertiary/aromatic N) is 3. The molecule has 0 spiro atoms. The second-order valence-electron chi connectivity index (χ2n) is 4.69. The van der Waals surface area contributed by atoms with E-state index in [0.717, 1.165) is 19.4 Å². The molecule has 1 aliphatic rings. The van der Waals surface area contributed by atoms with Gasteiger partial charge >= 0.3 is 5.69 Å². The number of hydrogen-bond acceptors (Lipinski definition) is 6. The minimum Gasteiger partial charge on any atom is -0.373 e. The van der Waals surface area contributed by atoms with Gasteiger partial charge in [-0.25, -0.2) is 4.98 Å². The largest absolute Gasteiger partial charge is 0.373 e. The van der Waals surface area contributed by atoms with Gasteiger partial charge in [-0.2, -0.15) is 5.26 Å². The summed E-state index contributed by atoms with van der Waals surface area (Å²) in [6.07, 6.45) is 1.98. The molecule has 0 radical (unpaired) electrons. The lowest BCUT2D eigenvalue weighted by molar-refractivity contribution is -0.385. The maximum atomic E-state index is 10.7. The predicted octanol–water partition coefficient (Wildman–Crippen LogP) is 1.84. The van der Waals surface area contributed by atoms with Gasteiger partial charge in [0.1, 0.15) is 11.9 Å². The molecule has 19 heavy (non-hydrogen) atoms. The lowest BCUT2D eigenvalue weighted by Gasteiger charge is -2.23. The summed E-state index contributed by atoms with van der Waals surface area (Å²) in [6.45, 7) is 3.31. The van der Waals surface area contributed by atoms with Crippen molar-refractivity contribution in [2.24, 2.45) is 0 Å². The van der Waals surface area contributed by atoms with E-state index in [-0.39, 0.29) is 17.0 Å². The molecule has 1 fully saturated rings. The minimum absolute atomic E-state index is 0.188. The van der Waals surface area contributed by atoms with Crippen molar-refractivity contribution >= 4 is 11.5 Å². The molecule has 1 aromatic heterocycles. The van der Waals surface area contributed by atoms with Gasteiger partial charge in [0.15, 0.2) is 0 Å². The van der Waals surface area contributed by atoms with E-state index in [9.17, 15) is 10.1 Å². The van der Waals surface area contributed by atoms with Crippen LogP contribution in [0.25, 0.3) is 0 Å². The third-order valence-electron chi connectivity index (χ3n) is 3.12. The van der Waals surface area contributed by atoms with Crippen molar-refractivity contribution < 1.29 is 9.66 Å². The molecule has 0 bridgehead atoms. The molecule has 0 aliphatic carbocycles. The van der Waals surface area contributed by atoms with Gasteiger partial charge in [0, 0.05) is 19.2 Å². The fraction of sp³-hybridized carbons (Fsp3) is 0.500. The van der Waals surface area contributed by atoms with Gasteiger partial charge in [0.25, 0.3) is 0 Å². The van der Waals surface area contributed by atoms with Crippen LogP contribution >= 0.6 is 0 Å². The monoisotopic (exact) mass is 262 g/mol. The van der Waals surface area contributed by atoms with E-state index in [1.165, 1.54) is 12.1 Å². The number of nitriles is 1. The Balaban J connectivity index is 2.09. The summed E-state index contributed by atoms with van der Waals surface area (Å²) in [4.78, 5) is 14.0. The normalized spacial score (nSPS) is 21.9. The molecule has 0 amide bonds. The summed E-state index contributed by atoms with van der Waals surface area (Å²) < 4.78 is 5.62. The number of ether oxygens (including phenoxy) is 1. The number of nitro groups is 1. The molecule has 7 heteroatoms. The molecule has 1 atom stereocenters. The zero-order valence-electron chi connectivity index (χ0n) is 10.5. The summed E-state index contributed by atoms with van der Waals surface area (Å²) in [5.41, 5.74) is -0.708. The molecule has 1 aliphatic heterocycles. The quantitative estimate of drug-likeness (QED) is 0.656. The zero-order valence-corrected chi connectivity index (χ0v) is 10.5. The van der Waals surface area contributed by atoms with E-state index in [0.29, 0.717) is 12.4 Å². The summed E-state index contributed by atoms with van der Waals surface area (Å²) in [5, 5.41) is 22.6. The Labute approximate surface area is 110 Å². The first-order valence-corrected chi connectivity index (χ1v) is 5.97. The van der Waals surface area contributed by atoms with Crippen LogP contribution in [0.15, 0.2) is 12.1 Å². The molecule has 7 nitrogen and oxygen atoms in total. The topological polar surface area (TPSA) is 101 Å². The first-order valence-electron chi connectivity index (χ1n) is 5.97. The number of anilines is 1. The molecule has 1 saturated heterocycles. The standard InChI is InChI=1S/C12H14N4O3/c1-12(5-2-6-19-12)8-14-11-4-3-10(16(17)18)9(7-13)15-11/h3-4H,2,5-6,8H2,1H3,(H,14,15). The predicted molar refractivity (Wildman–Crippen MR) is 67.7 cm³/mol. The first-order chi connectivity index (χ1) is 9.04. The second kappa shape index (κ2) is 5.20. The van der Waals surface area contributed by atoms with Gasteiger partial charge in [0.05, 0.1) is 10.5 Å². The Bertz CT molecular complexity index is 532. The average molecular weight is 262 g/mol. The number of aromatic nitrogens is 1. The highest BCUT2D eigenvalue weighted by Gasteiger charge is 2.29. The average Bonchev–Trinajstić information content (AvgIpc) is 2.83.